The summed E-state index contributed by atoms with van der Waals surface area (Å²) in [6, 6.07) is 14.4. The maximum atomic E-state index is 12.8. The van der Waals surface area contributed by atoms with Gasteiger partial charge in [-0.05, 0) is 24.6 Å². The molecule has 0 bridgehead atoms. The predicted molar refractivity (Wildman–Crippen MR) is 114 cm³/mol. The molecule has 10 nitrogen and oxygen atoms in total. The Hall–Kier alpha value is -3.34. The van der Waals surface area contributed by atoms with Crippen LogP contribution >= 0.6 is 0 Å². The number of ether oxygens (including phenoxy) is 5. The molecule has 1 heterocycles. The fourth-order valence-electron chi connectivity index (χ4n) is 3.51. The molecule has 1 fully saturated rings. The van der Waals surface area contributed by atoms with Crippen molar-refractivity contribution in [2.75, 3.05) is 7.11 Å². The second-order valence-corrected chi connectivity index (χ2v) is 7.45. The van der Waals surface area contributed by atoms with Crippen molar-refractivity contribution in [2.24, 2.45) is 0 Å². The van der Waals surface area contributed by atoms with Gasteiger partial charge in [-0.1, -0.05) is 30.3 Å². The third kappa shape index (κ3) is 6.13. The number of hydrogen-bond acceptors (Lipinski definition) is 9. The van der Waals surface area contributed by atoms with Gasteiger partial charge in [0, 0.05) is 26.2 Å². The van der Waals surface area contributed by atoms with Gasteiger partial charge in [-0.15, -0.1) is 0 Å². The lowest BCUT2D eigenvalue weighted by Gasteiger charge is -2.43. The Morgan fingerprint density at radius 2 is 1.67 bits per heavy atom. The summed E-state index contributed by atoms with van der Waals surface area (Å²) >= 11 is 0. The van der Waals surface area contributed by atoms with E-state index in [9.17, 15) is 19.7 Å². The van der Waals surface area contributed by atoms with Crippen molar-refractivity contribution in [1.29, 1.82) is 0 Å². The van der Waals surface area contributed by atoms with Crippen molar-refractivity contribution in [2.45, 2.75) is 51.2 Å². The highest BCUT2D eigenvalue weighted by Gasteiger charge is 2.49. The zero-order valence-electron chi connectivity index (χ0n) is 18.4. The largest absolute Gasteiger partial charge is 0.454 e. The molecule has 0 radical (unpaired) electrons. The summed E-state index contributed by atoms with van der Waals surface area (Å²) in [6.45, 7) is 3.09. The fraction of sp³-hybridized carbons (Fsp3) is 0.391. The van der Waals surface area contributed by atoms with Crippen LogP contribution in [0.4, 0.5) is 5.69 Å². The van der Waals surface area contributed by atoms with E-state index in [0.717, 1.165) is 5.56 Å². The van der Waals surface area contributed by atoms with E-state index in [4.69, 9.17) is 23.7 Å². The van der Waals surface area contributed by atoms with Gasteiger partial charge in [0.1, 0.15) is 6.10 Å². The molecule has 10 heteroatoms. The molecule has 5 atom stereocenters. The van der Waals surface area contributed by atoms with E-state index in [1.54, 1.807) is 6.92 Å². The van der Waals surface area contributed by atoms with E-state index in [1.165, 1.54) is 38.3 Å². The van der Waals surface area contributed by atoms with E-state index >= 15 is 0 Å². The van der Waals surface area contributed by atoms with Crippen LogP contribution in [0.25, 0.3) is 0 Å². The molecule has 0 unspecified atom stereocenters. The summed E-state index contributed by atoms with van der Waals surface area (Å²) in [4.78, 5) is 34.9. The number of non-ortho nitro benzene ring substituents is 1. The summed E-state index contributed by atoms with van der Waals surface area (Å²) in [5, 5.41) is 10.9. The minimum absolute atomic E-state index is 0.118. The van der Waals surface area contributed by atoms with E-state index in [0.29, 0.717) is 0 Å². The first-order valence-electron chi connectivity index (χ1n) is 10.3. The first-order valence-corrected chi connectivity index (χ1v) is 10.3. The highest BCUT2D eigenvalue weighted by atomic mass is 16.7. The van der Waals surface area contributed by atoms with E-state index in [-0.39, 0.29) is 17.9 Å². The van der Waals surface area contributed by atoms with Crippen LogP contribution in [-0.4, -0.2) is 54.7 Å². The SMILES string of the molecule is CO[C@@H]1O[C@@H](C)[C@H](OC(=O)c2ccc([N+](=O)[O-])cc2)[C@@H](OCc2ccccc2)[C@H]1OC(C)=O. The average Bonchev–Trinajstić information content (AvgIpc) is 2.80. The van der Waals surface area contributed by atoms with Crippen LogP contribution in [0.3, 0.4) is 0 Å². The average molecular weight is 459 g/mol. The number of carbonyl (C=O) groups is 2. The maximum absolute atomic E-state index is 12.8. The van der Waals surface area contributed by atoms with E-state index < -0.39 is 47.6 Å². The molecule has 3 rings (SSSR count). The quantitative estimate of drug-likeness (QED) is 0.333. The van der Waals surface area contributed by atoms with Gasteiger partial charge in [-0.3, -0.25) is 14.9 Å². The lowest BCUT2D eigenvalue weighted by molar-refractivity contribution is -0.384. The molecule has 0 aliphatic carbocycles. The monoisotopic (exact) mass is 459 g/mol. The third-order valence-corrected chi connectivity index (χ3v) is 5.10. The van der Waals surface area contributed by atoms with Crippen molar-refractivity contribution < 1.29 is 38.2 Å². The topological polar surface area (TPSA) is 123 Å². The molecule has 2 aromatic rings. The number of esters is 2. The Morgan fingerprint density at radius 3 is 2.24 bits per heavy atom. The van der Waals surface area contributed by atoms with Gasteiger partial charge in [0.05, 0.1) is 23.2 Å². The van der Waals surface area contributed by atoms with Gasteiger partial charge in [0.15, 0.2) is 18.5 Å². The van der Waals surface area contributed by atoms with E-state index in [2.05, 4.69) is 0 Å². The standard InChI is InChI=1S/C23H25NO9/c1-14-19(33-22(26)17-9-11-18(12-10-17)24(27)28)20(30-13-16-7-5-4-6-8-16)21(32-15(2)25)23(29-3)31-14/h4-12,14,19-21,23H,13H2,1-3H3/t14-,19-,20+,21+,23+/m0/s1. The highest BCUT2D eigenvalue weighted by molar-refractivity contribution is 5.89. The normalized spacial score (nSPS) is 24.6. The predicted octanol–water partition coefficient (Wildman–Crippen LogP) is 3.03. The van der Waals surface area contributed by atoms with Crippen LogP contribution in [0.2, 0.25) is 0 Å². The fourth-order valence-corrected chi connectivity index (χ4v) is 3.51. The maximum Gasteiger partial charge on any atom is 0.338 e. The molecule has 0 amide bonds. The van der Waals surface area contributed by atoms with Gasteiger partial charge >= 0.3 is 11.9 Å². The smallest absolute Gasteiger partial charge is 0.338 e. The van der Waals surface area contributed by atoms with Crippen LogP contribution in [-0.2, 0) is 35.1 Å². The molecule has 1 aliphatic heterocycles. The molecular weight excluding hydrogens is 434 g/mol. The van der Waals surface area contributed by atoms with Gasteiger partial charge in [-0.2, -0.15) is 0 Å². The lowest BCUT2D eigenvalue weighted by Crippen LogP contribution is -2.60. The minimum Gasteiger partial charge on any atom is -0.454 e. The minimum atomic E-state index is -0.998. The van der Waals surface area contributed by atoms with Crippen molar-refractivity contribution in [1.82, 2.24) is 0 Å². The Balaban J connectivity index is 1.84. The zero-order chi connectivity index (χ0) is 24.0. The lowest BCUT2D eigenvalue weighted by atomic mass is 9.98. The Bertz CT molecular complexity index is 964. The van der Waals surface area contributed by atoms with Gasteiger partial charge < -0.3 is 23.7 Å². The Labute approximate surface area is 190 Å². The van der Waals surface area contributed by atoms with Crippen LogP contribution in [0, 0.1) is 10.1 Å². The molecule has 0 N–H and O–H groups in total. The highest BCUT2D eigenvalue weighted by Crippen LogP contribution is 2.30. The Morgan fingerprint density at radius 1 is 1.00 bits per heavy atom. The van der Waals surface area contributed by atoms with Crippen LogP contribution in [0.5, 0.6) is 0 Å². The van der Waals surface area contributed by atoms with Crippen molar-refractivity contribution in [3.05, 3.63) is 75.8 Å². The van der Waals surface area contributed by atoms with E-state index in [1.807, 2.05) is 30.3 Å². The summed E-state index contributed by atoms with van der Waals surface area (Å²) < 4.78 is 28.3. The van der Waals surface area contributed by atoms with Gasteiger partial charge in [-0.25, -0.2) is 4.79 Å². The van der Waals surface area contributed by atoms with Crippen molar-refractivity contribution >= 4 is 17.6 Å². The molecule has 0 spiro atoms. The number of benzene rings is 2. The number of methoxy groups -OCH3 is 1. The second-order valence-electron chi connectivity index (χ2n) is 7.45. The molecule has 33 heavy (non-hydrogen) atoms. The number of nitro benzene ring substituents is 1. The molecule has 0 aromatic heterocycles. The van der Waals surface area contributed by atoms with Gasteiger partial charge in [0.2, 0.25) is 0 Å². The molecule has 176 valence electrons. The number of nitro groups is 1. The first-order chi connectivity index (χ1) is 15.8. The van der Waals surface area contributed by atoms with Gasteiger partial charge in [0.25, 0.3) is 5.69 Å². The second kappa shape index (κ2) is 11.0. The Kier molecular flexibility index (Phi) is 8.10. The van der Waals surface area contributed by atoms with Crippen LogP contribution in [0.1, 0.15) is 29.8 Å². The van der Waals surface area contributed by atoms with Crippen molar-refractivity contribution in [3.8, 4) is 0 Å². The summed E-state index contributed by atoms with van der Waals surface area (Å²) in [7, 11) is 1.41. The number of hydrogen-bond donors (Lipinski definition) is 0. The van der Waals surface area contributed by atoms with Crippen LogP contribution in [0.15, 0.2) is 54.6 Å². The summed E-state index contributed by atoms with van der Waals surface area (Å²) in [5.74, 6) is -1.30. The molecular formula is C23H25NO9. The molecule has 1 aliphatic rings. The number of carbonyl (C=O) groups excluding carboxylic acids is 2. The zero-order valence-corrected chi connectivity index (χ0v) is 18.4. The van der Waals surface area contributed by atoms with Crippen LogP contribution < -0.4 is 0 Å². The van der Waals surface area contributed by atoms with Crippen molar-refractivity contribution in [3.63, 3.8) is 0 Å². The molecule has 1 saturated heterocycles. The molecule has 0 saturated carbocycles. The first kappa shape index (κ1) is 24.3. The third-order valence-electron chi connectivity index (χ3n) is 5.10. The summed E-state index contributed by atoms with van der Waals surface area (Å²) in [6.07, 6.45) is -4.44. The number of nitrogens with zero attached hydrogens (tertiary/aromatic N) is 1. The number of rotatable bonds is 8. The molecule has 2 aromatic carbocycles. The summed E-state index contributed by atoms with van der Waals surface area (Å²) in [5.41, 5.74) is 0.836.